The third-order valence-corrected chi connectivity index (χ3v) is 17.0. The molecule has 0 radical (unpaired) electrons. The SMILES string of the molecule is C1=CC([C@H](Np2oc3ccc4ccccc4c3c3c(ccc4ccccc43)o2)[C@H](c2ccccc2)P2Cc3ccc4ccccc4c3-c3c(ccc4ccccc34)C2)=CCC1. The van der Waals surface area contributed by atoms with Crippen molar-refractivity contribution in [3.8, 4) is 11.1 Å². The van der Waals surface area contributed by atoms with Crippen molar-refractivity contribution in [3.63, 3.8) is 0 Å². The van der Waals surface area contributed by atoms with Crippen LogP contribution in [0.15, 0.2) is 208 Å². The Labute approximate surface area is 357 Å². The van der Waals surface area contributed by atoms with Crippen LogP contribution < -0.4 is 5.09 Å². The van der Waals surface area contributed by atoms with Crippen LogP contribution in [-0.2, 0) is 12.3 Å². The molecule has 0 fully saturated rings. The first-order chi connectivity index (χ1) is 30.2. The lowest BCUT2D eigenvalue weighted by atomic mass is 9.88. The zero-order valence-electron chi connectivity index (χ0n) is 33.7. The zero-order valence-corrected chi connectivity index (χ0v) is 35.5. The minimum absolute atomic E-state index is 0.0759. The van der Waals surface area contributed by atoms with Crippen molar-refractivity contribution in [1.82, 2.24) is 0 Å². The Balaban J connectivity index is 1.09. The standard InChI is InChI=1S/C56H43NO2P2/c1-3-19-41(20-4-1)55(57-61-58-49-33-31-39-17-9-13-25-47(39)53(49)54-48-26-14-10-18-40(48)32-34-50(54)59-61)56(42-21-5-2-6-22-42)60-35-43-29-27-37-15-7-11-23-45(37)51(43)52-44(36-60)30-28-38-16-8-12-24-46(38)52/h2-3,5-34,55-57H,1,4,35-36H2/t55-,56-/m0/s1. The van der Waals surface area contributed by atoms with Crippen LogP contribution in [-0.4, -0.2) is 6.04 Å². The molecule has 0 unspecified atom stereocenters. The molecule has 294 valence electrons. The summed E-state index contributed by atoms with van der Waals surface area (Å²) in [5, 5.41) is 16.3. The molecule has 1 aliphatic heterocycles. The molecule has 61 heavy (non-hydrogen) atoms. The molecule has 12 rings (SSSR count). The van der Waals surface area contributed by atoms with E-state index < -0.39 is 16.1 Å². The second kappa shape index (κ2) is 15.4. The van der Waals surface area contributed by atoms with Crippen molar-refractivity contribution >= 4 is 81.1 Å². The van der Waals surface area contributed by atoms with Gasteiger partial charge in [0.2, 0.25) is 0 Å². The van der Waals surface area contributed by atoms with Crippen molar-refractivity contribution in [1.29, 1.82) is 0 Å². The molecule has 0 bridgehead atoms. The van der Waals surface area contributed by atoms with E-state index in [1.807, 2.05) is 0 Å². The number of rotatable bonds is 6. The summed E-state index contributed by atoms with van der Waals surface area (Å²) < 4.78 is 14.4. The fourth-order valence-electron chi connectivity index (χ4n) is 10.2. The largest absolute Gasteiger partial charge is 0.408 e. The van der Waals surface area contributed by atoms with E-state index in [0.29, 0.717) is 0 Å². The maximum Gasteiger partial charge on any atom is 0.307 e. The lowest BCUT2D eigenvalue weighted by Gasteiger charge is -2.36. The molecule has 2 atom stereocenters. The van der Waals surface area contributed by atoms with E-state index in [-0.39, 0.29) is 11.7 Å². The van der Waals surface area contributed by atoms with Crippen LogP contribution in [0, 0.1) is 0 Å². The molecular formula is C56H43NO2P2. The smallest absolute Gasteiger partial charge is 0.307 e. The molecule has 5 heteroatoms. The van der Waals surface area contributed by atoms with Gasteiger partial charge in [-0.05, 0) is 114 Å². The van der Waals surface area contributed by atoms with Gasteiger partial charge in [0.25, 0.3) is 0 Å². The van der Waals surface area contributed by atoms with Gasteiger partial charge in [0.05, 0.1) is 6.04 Å². The van der Waals surface area contributed by atoms with Crippen molar-refractivity contribution in [3.05, 3.63) is 216 Å². The fraction of sp³-hybridized carbons (Fsp3) is 0.107. The van der Waals surface area contributed by atoms with Gasteiger partial charge in [-0.25, -0.2) is 5.09 Å². The summed E-state index contributed by atoms with van der Waals surface area (Å²) >= 11 is 0. The Hall–Kier alpha value is -6.21. The number of hydrogen-bond donors (Lipinski definition) is 1. The van der Waals surface area contributed by atoms with Gasteiger partial charge in [0.15, 0.2) is 0 Å². The molecule has 2 heterocycles. The van der Waals surface area contributed by atoms with Gasteiger partial charge >= 0.3 is 8.16 Å². The summed E-state index contributed by atoms with van der Waals surface area (Å²) in [6.45, 7) is 0. The van der Waals surface area contributed by atoms with Crippen LogP contribution in [0.1, 0.15) is 35.2 Å². The highest BCUT2D eigenvalue weighted by Gasteiger charge is 2.37. The van der Waals surface area contributed by atoms with E-state index >= 15 is 0 Å². The van der Waals surface area contributed by atoms with E-state index in [2.05, 4.69) is 199 Å². The highest BCUT2D eigenvalue weighted by Crippen LogP contribution is 2.63. The molecular weight excluding hydrogens is 781 g/mol. The van der Waals surface area contributed by atoms with E-state index in [0.717, 1.165) is 57.9 Å². The Morgan fingerprint density at radius 3 is 1.46 bits per heavy atom. The molecule has 9 aromatic carbocycles. The summed E-state index contributed by atoms with van der Waals surface area (Å²) in [6, 6.07) is 64.6. The fourth-order valence-corrected chi connectivity index (χ4v) is 14.8. The van der Waals surface area contributed by atoms with E-state index in [1.165, 1.54) is 65.7 Å². The number of benzene rings is 9. The first-order valence-electron chi connectivity index (χ1n) is 21.4. The van der Waals surface area contributed by atoms with E-state index in [9.17, 15) is 0 Å². The van der Waals surface area contributed by atoms with Crippen LogP contribution in [0.25, 0.3) is 76.2 Å². The van der Waals surface area contributed by atoms with Crippen molar-refractivity contribution in [2.45, 2.75) is 36.9 Å². The van der Waals surface area contributed by atoms with Crippen LogP contribution in [0.3, 0.4) is 0 Å². The molecule has 2 aliphatic rings. The second-order valence-corrected chi connectivity index (χ2v) is 20.0. The van der Waals surface area contributed by atoms with Gasteiger partial charge in [-0.1, -0.05) is 190 Å². The van der Waals surface area contributed by atoms with Crippen LogP contribution >= 0.6 is 16.1 Å². The van der Waals surface area contributed by atoms with Gasteiger partial charge in [0.1, 0.15) is 11.2 Å². The third-order valence-electron chi connectivity index (χ3n) is 12.9. The normalized spacial score (nSPS) is 15.2. The average molecular weight is 824 g/mol. The molecule has 0 saturated carbocycles. The number of allylic oxidation sites excluding steroid dienone is 2. The molecule has 0 amide bonds. The van der Waals surface area contributed by atoms with Gasteiger partial charge < -0.3 is 8.39 Å². The molecule has 0 saturated heterocycles. The van der Waals surface area contributed by atoms with Gasteiger partial charge in [-0.2, -0.15) is 0 Å². The topological polar surface area (TPSA) is 38.3 Å². The number of nitrogens with one attached hydrogen (secondary N) is 1. The average Bonchev–Trinajstić information content (AvgIpc) is 3.60. The summed E-state index contributed by atoms with van der Waals surface area (Å²) in [5.74, 6) is 0. The summed E-state index contributed by atoms with van der Waals surface area (Å²) in [4.78, 5) is 0. The van der Waals surface area contributed by atoms with Crippen LogP contribution in [0.2, 0.25) is 0 Å². The molecule has 1 aromatic heterocycles. The van der Waals surface area contributed by atoms with Crippen molar-refractivity contribution < 1.29 is 8.39 Å². The summed E-state index contributed by atoms with van der Waals surface area (Å²) in [7, 11) is -2.37. The predicted molar refractivity (Wildman–Crippen MR) is 261 cm³/mol. The summed E-state index contributed by atoms with van der Waals surface area (Å²) in [5.41, 5.74) is 10.2. The van der Waals surface area contributed by atoms with E-state index in [1.54, 1.807) is 0 Å². The Morgan fingerprint density at radius 2 is 0.934 bits per heavy atom. The number of fused-ring (bicyclic) bond motifs is 14. The Morgan fingerprint density at radius 1 is 0.459 bits per heavy atom. The molecule has 1 N–H and O–H groups in total. The lowest BCUT2D eigenvalue weighted by Crippen LogP contribution is -2.28. The lowest BCUT2D eigenvalue weighted by molar-refractivity contribution is 0.635. The first kappa shape index (κ1) is 36.6. The molecule has 10 aromatic rings. The van der Waals surface area contributed by atoms with Crippen LogP contribution in [0.5, 0.6) is 0 Å². The van der Waals surface area contributed by atoms with Gasteiger partial charge in [0, 0.05) is 16.4 Å². The van der Waals surface area contributed by atoms with Crippen LogP contribution in [0.4, 0.5) is 0 Å². The Bertz CT molecular complexity index is 3260. The highest BCUT2D eigenvalue weighted by molar-refractivity contribution is 7.56. The van der Waals surface area contributed by atoms with E-state index in [4.69, 9.17) is 8.39 Å². The maximum atomic E-state index is 7.21. The van der Waals surface area contributed by atoms with Gasteiger partial charge in [-0.3, -0.25) is 0 Å². The first-order valence-corrected chi connectivity index (χ1v) is 24.3. The minimum atomic E-state index is -1.66. The van der Waals surface area contributed by atoms with Gasteiger partial charge in [-0.15, -0.1) is 0 Å². The molecule has 0 spiro atoms. The third kappa shape index (κ3) is 6.43. The van der Waals surface area contributed by atoms with Crippen molar-refractivity contribution in [2.24, 2.45) is 0 Å². The quantitative estimate of drug-likeness (QED) is 0.170. The summed E-state index contributed by atoms with van der Waals surface area (Å²) in [6.07, 6.45) is 11.2. The minimum Gasteiger partial charge on any atom is -0.408 e. The Kier molecular flexibility index (Phi) is 9.22. The van der Waals surface area contributed by atoms with Crippen molar-refractivity contribution in [2.75, 3.05) is 5.09 Å². The highest BCUT2D eigenvalue weighted by atomic mass is 31.1. The zero-order chi connectivity index (χ0) is 40.3. The second-order valence-electron chi connectivity index (χ2n) is 16.5. The molecule has 1 aliphatic carbocycles. The molecule has 3 nitrogen and oxygen atoms in total. The maximum absolute atomic E-state index is 7.21. The monoisotopic (exact) mass is 823 g/mol. The number of hydrogen-bond acceptors (Lipinski definition) is 3. The predicted octanol–water partition coefficient (Wildman–Crippen LogP) is 16.7.